The average Bonchev–Trinajstić information content (AvgIpc) is 3.04. The highest BCUT2D eigenvalue weighted by molar-refractivity contribution is 5.80. The molecule has 2 nitrogen and oxygen atoms in total. The third-order valence-corrected chi connectivity index (χ3v) is 3.94. The number of rotatable bonds is 4. The van der Waals surface area contributed by atoms with E-state index < -0.39 is 0 Å². The summed E-state index contributed by atoms with van der Waals surface area (Å²) in [6.45, 7) is 3.26. The van der Waals surface area contributed by atoms with Crippen molar-refractivity contribution in [1.29, 1.82) is 0 Å². The maximum absolute atomic E-state index is 11.4. The molecule has 2 rings (SSSR count). The Morgan fingerprint density at radius 3 is 2.40 bits per heavy atom. The first kappa shape index (κ1) is 11.0. The van der Waals surface area contributed by atoms with Crippen molar-refractivity contribution in [3.8, 4) is 0 Å². The first-order valence-corrected chi connectivity index (χ1v) is 6.53. The number of hydrogen-bond acceptors (Lipinski definition) is 1. The Morgan fingerprint density at radius 2 is 1.80 bits per heavy atom. The van der Waals surface area contributed by atoms with Gasteiger partial charge in [0.15, 0.2) is 0 Å². The van der Waals surface area contributed by atoms with Gasteiger partial charge in [0.2, 0.25) is 5.91 Å². The van der Waals surface area contributed by atoms with Crippen molar-refractivity contribution in [2.45, 2.75) is 51.9 Å². The highest BCUT2D eigenvalue weighted by Gasteiger charge is 2.29. The Balaban J connectivity index is 1.55. The lowest BCUT2D eigenvalue weighted by atomic mass is 9.81. The highest BCUT2D eigenvalue weighted by Crippen LogP contribution is 2.31. The van der Waals surface area contributed by atoms with Crippen LogP contribution in [0, 0.1) is 17.8 Å². The predicted molar refractivity (Wildman–Crippen MR) is 61.5 cm³/mol. The van der Waals surface area contributed by atoms with Gasteiger partial charge in [-0.3, -0.25) is 4.79 Å². The van der Waals surface area contributed by atoms with Crippen LogP contribution in [-0.4, -0.2) is 12.5 Å². The quantitative estimate of drug-likeness (QED) is 0.758. The molecule has 0 aromatic heterocycles. The maximum atomic E-state index is 11.4. The lowest BCUT2D eigenvalue weighted by Gasteiger charge is -2.26. The molecule has 0 saturated heterocycles. The van der Waals surface area contributed by atoms with Gasteiger partial charge in [-0.2, -0.15) is 0 Å². The number of amides is 1. The molecule has 86 valence electrons. The minimum absolute atomic E-state index is 0.305. The summed E-state index contributed by atoms with van der Waals surface area (Å²) in [7, 11) is 0. The van der Waals surface area contributed by atoms with Crippen molar-refractivity contribution >= 4 is 5.91 Å². The largest absolute Gasteiger partial charge is 0.356 e. The molecular formula is C13H23NO. The van der Waals surface area contributed by atoms with Crippen molar-refractivity contribution in [2.24, 2.45) is 17.8 Å². The van der Waals surface area contributed by atoms with Gasteiger partial charge in [0.1, 0.15) is 0 Å². The molecule has 0 unspecified atom stereocenters. The summed E-state index contributed by atoms with van der Waals surface area (Å²) >= 11 is 0. The van der Waals surface area contributed by atoms with Crippen LogP contribution in [0.25, 0.3) is 0 Å². The first-order chi connectivity index (χ1) is 7.25. The molecule has 0 heterocycles. The van der Waals surface area contributed by atoms with E-state index in [1.54, 1.807) is 0 Å². The summed E-state index contributed by atoms with van der Waals surface area (Å²) in [6.07, 6.45) is 8.97. The molecule has 1 N–H and O–H groups in total. The molecule has 0 atom stereocenters. The van der Waals surface area contributed by atoms with Gasteiger partial charge >= 0.3 is 0 Å². The van der Waals surface area contributed by atoms with Gasteiger partial charge in [-0.15, -0.1) is 0 Å². The molecule has 0 radical (unpaired) electrons. The molecule has 0 bridgehead atoms. The Labute approximate surface area is 92.8 Å². The summed E-state index contributed by atoms with van der Waals surface area (Å²) in [5, 5.41) is 3.06. The molecule has 0 aromatic rings. The summed E-state index contributed by atoms with van der Waals surface area (Å²) in [4.78, 5) is 11.4. The third-order valence-electron chi connectivity index (χ3n) is 3.94. The Kier molecular flexibility index (Phi) is 3.66. The number of carbonyl (C=O) groups is 1. The topological polar surface area (TPSA) is 29.1 Å². The second-order valence-corrected chi connectivity index (χ2v) is 5.48. The van der Waals surface area contributed by atoms with Gasteiger partial charge in [-0.25, -0.2) is 0 Å². The zero-order valence-electron chi connectivity index (χ0n) is 9.80. The molecule has 15 heavy (non-hydrogen) atoms. The summed E-state index contributed by atoms with van der Waals surface area (Å²) in [6, 6.07) is 0. The number of nitrogens with one attached hydrogen (secondary N) is 1. The molecule has 1 amide bonds. The number of carbonyl (C=O) groups excluding carboxylic acids is 1. The van der Waals surface area contributed by atoms with Crippen LogP contribution in [0.1, 0.15) is 51.9 Å². The van der Waals surface area contributed by atoms with E-state index in [1.165, 1.54) is 32.1 Å². The predicted octanol–water partition coefficient (Wildman–Crippen LogP) is 2.73. The molecule has 2 saturated carbocycles. The lowest BCUT2D eigenvalue weighted by Crippen LogP contribution is -2.27. The van der Waals surface area contributed by atoms with Crippen LogP contribution in [0.4, 0.5) is 0 Å². The molecule has 2 aliphatic rings. The van der Waals surface area contributed by atoms with Crippen molar-refractivity contribution in [3.63, 3.8) is 0 Å². The molecule has 2 heteroatoms. The standard InChI is InChI=1S/C13H23NO/c1-10-2-4-11(5-3-10)8-9-14-13(15)12-6-7-12/h10-12H,2-9H2,1H3,(H,14,15). The first-order valence-electron chi connectivity index (χ1n) is 6.53. The fourth-order valence-corrected chi connectivity index (χ4v) is 2.51. The summed E-state index contributed by atoms with van der Waals surface area (Å²) < 4.78 is 0. The van der Waals surface area contributed by atoms with Crippen LogP contribution >= 0.6 is 0 Å². The Hall–Kier alpha value is -0.530. The maximum Gasteiger partial charge on any atom is 0.223 e. The Bertz CT molecular complexity index is 215. The Morgan fingerprint density at radius 1 is 1.13 bits per heavy atom. The van der Waals surface area contributed by atoms with Crippen LogP contribution < -0.4 is 5.32 Å². The minimum atomic E-state index is 0.305. The zero-order valence-corrected chi connectivity index (χ0v) is 9.80. The fraction of sp³-hybridized carbons (Fsp3) is 0.923. The van der Waals surface area contributed by atoms with E-state index in [9.17, 15) is 4.79 Å². The van der Waals surface area contributed by atoms with Gasteiger partial charge < -0.3 is 5.32 Å². The molecular weight excluding hydrogens is 186 g/mol. The smallest absolute Gasteiger partial charge is 0.223 e. The molecule has 0 aliphatic heterocycles. The molecule has 2 fully saturated rings. The van der Waals surface area contributed by atoms with Crippen LogP contribution in [-0.2, 0) is 4.79 Å². The zero-order chi connectivity index (χ0) is 10.7. The summed E-state index contributed by atoms with van der Waals surface area (Å²) in [5.41, 5.74) is 0. The van der Waals surface area contributed by atoms with Crippen LogP contribution in [0.3, 0.4) is 0 Å². The van der Waals surface area contributed by atoms with Crippen molar-refractivity contribution in [1.82, 2.24) is 5.32 Å². The van der Waals surface area contributed by atoms with Gasteiger partial charge in [-0.1, -0.05) is 32.6 Å². The van der Waals surface area contributed by atoms with Gasteiger partial charge in [0.05, 0.1) is 0 Å². The average molecular weight is 209 g/mol. The van der Waals surface area contributed by atoms with E-state index in [1.807, 2.05) is 0 Å². The molecule has 2 aliphatic carbocycles. The van der Waals surface area contributed by atoms with E-state index in [4.69, 9.17) is 0 Å². The second kappa shape index (κ2) is 5.00. The van der Waals surface area contributed by atoms with Crippen molar-refractivity contribution in [2.75, 3.05) is 6.54 Å². The van der Waals surface area contributed by atoms with E-state index in [2.05, 4.69) is 12.2 Å². The van der Waals surface area contributed by atoms with E-state index in [0.29, 0.717) is 11.8 Å². The van der Waals surface area contributed by atoms with Crippen LogP contribution in [0.2, 0.25) is 0 Å². The normalized spacial score (nSPS) is 31.3. The SMILES string of the molecule is CC1CCC(CCNC(=O)C2CC2)CC1. The van der Waals surface area contributed by atoms with Crippen molar-refractivity contribution in [3.05, 3.63) is 0 Å². The van der Waals surface area contributed by atoms with Gasteiger partial charge in [-0.05, 0) is 31.1 Å². The van der Waals surface area contributed by atoms with E-state index in [0.717, 1.165) is 31.2 Å². The lowest BCUT2D eigenvalue weighted by molar-refractivity contribution is -0.122. The van der Waals surface area contributed by atoms with E-state index in [-0.39, 0.29) is 0 Å². The third kappa shape index (κ3) is 3.51. The minimum Gasteiger partial charge on any atom is -0.356 e. The number of hydrogen-bond donors (Lipinski definition) is 1. The monoisotopic (exact) mass is 209 g/mol. The van der Waals surface area contributed by atoms with Gasteiger partial charge in [0, 0.05) is 12.5 Å². The van der Waals surface area contributed by atoms with Crippen LogP contribution in [0.5, 0.6) is 0 Å². The molecule has 0 aromatic carbocycles. The highest BCUT2D eigenvalue weighted by atomic mass is 16.2. The van der Waals surface area contributed by atoms with Crippen molar-refractivity contribution < 1.29 is 4.79 Å². The summed E-state index contributed by atoms with van der Waals surface area (Å²) in [5.74, 6) is 2.48. The van der Waals surface area contributed by atoms with Crippen LogP contribution in [0.15, 0.2) is 0 Å². The molecule has 0 spiro atoms. The second-order valence-electron chi connectivity index (χ2n) is 5.48. The fourth-order valence-electron chi connectivity index (χ4n) is 2.51. The van der Waals surface area contributed by atoms with E-state index >= 15 is 0 Å². The van der Waals surface area contributed by atoms with Gasteiger partial charge in [0.25, 0.3) is 0 Å².